The van der Waals surface area contributed by atoms with Gasteiger partial charge in [0.05, 0.1) is 10.8 Å². The molecule has 182 valence electrons. The van der Waals surface area contributed by atoms with Crippen molar-refractivity contribution < 1.29 is 19.8 Å². The van der Waals surface area contributed by atoms with Crippen LogP contribution in [0.4, 0.5) is 0 Å². The lowest BCUT2D eigenvalue weighted by molar-refractivity contribution is -0.148. The van der Waals surface area contributed by atoms with Crippen molar-refractivity contribution >= 4 is 11.9 Å². The number of rotatable bonds is 16. The maximum absolute atomic E-state index is 11.2. The van der Waals surface area contributed by atoms with Crippen LogP contribution in [0, 0.1) is 24.7 Å². The van der Waals surface area contributed by atoms with Gasteiger partial charge in [0, 0.05) is 0 Å². The van der Waals surface area contributed by atoms with Crippen LogP contribution in [0.25, 0.3) is 0 Å². The number of unbranched alkanes of at least 4 members (excludes halogenated alkanes) is 6. The van der Waals surface area contributed by atoms with E-state index in [1.165, 1.54) is 22.3 Å². The van der Waals surface area contributed by atoms with Crippen molar-refractivity contribution in [1.82, 2.24) is 0 Å². The molecule has 0 radical (unpaired) electrons. The van der Waals surface area contributed by atoms with Gasteiger partial charge in [0.2, 0.25) is 0 Å². The standard InChI is InChI=1S/C28H46O4/c1-21-19-22(2)24(16-12-8-10-14-18-28(5,6)26(31)32)23(20-21)15-11-7-9-13-17-27(3,4)25(29)30/h19-20H,7-18H2,1-6H3,(H,29,30)(H,31,32). The van der Waals surface area contributed by atoms with Crippen molar-refractivity contribution in [2.24, 2.45) is 10.8 Å². The number of carboxylic acid groups (broad SMARTS) is 2. The summed E-state index contributed by atoms with van der Waals surface area (Å²) in [6.45, 7) is 11.6. The van der Waals surface area contributed by atoms with Crippen molar-refractivity contribution in [3.8, 4) is 0 Å². The highest BCUT2D eigenvalue weighted by atomic mass is 16.4. The molecule has 0 aromatic heterocycles. The van der Waals surface area contributed by atoms with E-state index >= 15 is 0 Å². The summed E-state index contributed by atoms with van der Waals surface area (Å²) in [4.78, 5) is 22.4. The van der Waals surface area contributed by atoms with Gasteiger partial charge < -0.3 is 10.2 Å². The first kappa shape index (κ1) is 28.2. The van der Waals surface area contributed by atoms with Gasteiger partial charge in [-0.25, -0.2) is 0 Å². The van der Waals surface area contributed by atoms with E-state index in [2.05, 4.69) is 26.0 Å². The van der Waals surface area contributed by atoms with Crippen LogP contribution < -0.4 is 0 Å². The Morgan fingerprint density at radius 2 is 1.12 bits per heavy atom. The Kier molecular flexibility index (Phi) is 11.5. The van der Waals surface area contributed by atoms with Gasteiger partial charge in [0.25, 0.3) is 0 Å². The van der Waals surface area contributed by atoms with Gasteiger partial charge in [-0.05, 0) is 96.8 Å². The molecule has 0 unspecified atom stereocenters. The third kappa shape index (κ3) is 9.75. The second kappa shape index (κ2) is 13.0. The lowest BCUT2D eigenvalue weighted by atomic mass is 9.86. The lowest BCUT2D eigenvalue weighted by Crippen LogP contribution is -2.23. The Labute approximate surface area is 195 Å². The van der Waals surface area contributed by atoms with Crippen LogP contribution in [0.5, 0.6) is 0 Å². The Bertz CT molecular complexity index is 746. The molecule has 4 heteroatoms. The number of aryl methyl sites for hydroxylation is 3. The molecule has 0 bridgehead atoms. The molecular weight excluding hydrogens is 400 g/mol. The van der Waals surface area contributed by atoms with Crippen LogP contribution in [0.3, 0.4) is 0 Å². The van der Waals surface area contributed by atoms with Gasteiger partial charge in [-0.3, -0.25) is 9.59 Å². The molecule has 0 amide bonds. The van der Waals surface area contributed by atoms with E-state index in [1.807, 2.05) is 27.7 Å². The lowest BCUT2D eigenvalue weighted by Gasteiger charge is -2.19. The highest BCUT2D eigenvalue weighted by molar-refractivity contribution is 5.73. The van der Waals surface area contributed by atoms with Crippen LogP contribution in [0.1, 0.15) is 114 Å². The average Bonchev–Trinajstić information content (AvgIpc) is 2.68. The predicted octanol–water partition coefficient (Wildman–Crippen LogP) is 7.51. The van der Waals surface area contributed by atoms with Gasteiger partial charge in [0.15, 0.2) is 0 Å². The molecule has 0 saturated heterocycles. The quantitative estimate of drug-likeness (QED) is 0.258. The molecule has 4 nitrogen and oxygen atoms in total. The fourth-order valence-electron chi connectivity index (χ4n) is 4.34. The van der Waals surface area contributed by atoms with Crippen molar-refractivity contribution in [2.75, 3.05) is 0 Å². The van der Waals surface area contributed by atoms with Crippen LogP contribution in [-0.4, -0.2) is 22.2 Å². The fraction of sp³-hybridized carbons (Fsp3) is 0.714. The van der Waals surface area contributed by atoms with E-state index in [0.717, 1.165) is 77.0 Å². The largest absolute Gasteiger partial charge is 0.481 e. The molecule has 0 spiro atoms. The maximum atomic E-state index is 11.2. The highest BCUT2D eigenvalue weighted by Gasteiger charge is 2.26. The number of benzene rings is 1. The number of hydrogen-bond donors (Lipinski definition) is 2. The van der Waals surface area contributed by atoms with E-state index < -0.39 is 22.8 Å². The summed E-state index contributed by atoms with van der Waals surface area (Å²) in [6.07, 6.45) is 12.3. The molecule has 1 aromatic carbocycles. The summed E-state index contributed by atoms with van der Waals surface area (Å²) in [5.41, 5.74) is 4.43. The minimum Gasteiger partial charge on any atom is -0.481 e. The second-order valence-corrected chi connectivity index (χ2v) is 10.9. The summed E-state index contributed by atoms with van der Waals surface area (Å²) in [7, 11) is 0. The molecule has 0 fully saturated rings. The second-order valence-electron chi connectivity index (χ2n) is 10.9. The molecule has 0 heterocycles. The van der Waals surface area contributed by atoms with Crippen molar-refractivity contribution in [1.29, 1.82) is 0 Å². The Balaban J connectivity index is 2.45. The van der Waals surface area contributed by atoms with Gasteiger partial charge >= 0.3 is 11.9 Å². The minimum atomic E-state index is -0.706. The number of aliphatic carboxylic acids is 2. The molecule has 1 rings (SSSR count). The number of carbonyl (C=O) groups is 2. The zero-order valence-corrected chi connectivity index (χ0v) is 21.4. The molecular formula is C28H46O4. The Morgan fingerprint density at radius 3 is 1.59 bits per heavy atom. The average molecular weight is 447 g/mol. The summed E-state index contributed by atoms with van der Waals surface area (Å²) >= 11 is 0. The van der Waals surface area contributed by atoms with Crippen LogP contribution in [0.15, 0.2) is 12.1 Å². The first-order chi connectivity index (χ1) is 14.9. The summed E-state index contributed by atoms with van der Waals surface area (Å²) in [5, 5.41) is 18.5. The van der Waals surface area contributed by atoms with E-state index in [1.54, 1.807) is 0 Å². The van der Waals surface area contributed by atoms with E-state index in [9.17, 15) is 19.8 Å². The van der Waals surface area contributed by atoms with Gasteiger partial charge in [-0.15, -0.1) is 0 Å². The van der Waals surface area contributed by atoms with E-state index in [4.69, 9.17) is 0 Å². The van der Waals surface area contributed by atoms with Gasteiger partial charge in [0.1, 0.15) is 0 Å². The van der Waals surface area contributed by atoms with E-state index in [0.29, 0.717) is 0 Å². The zero-order valence-electron chi connectivity index (χ0n) is 21.4. The third-order valence-electron chi connectivity index (χ3n) is 6.84. The van der Waals surface area contributed by atoms with Crippen molar-refractivity contribution in [3.05, 3.63) is 34.4 Å². The zero-order chi connectivity index (χ0) is 24.4. The third-order valence-corrected chi connectivity index (χ3v) is 6.84. The first-order valence-corrected chi connectivity index (χ1v) is 12.4. The topological polar surface area (TPSA) is 74.6 Å². The van der Waals surface area contributed by atoms with Crippen LogP contribution in [-0.2, 0) is 22.4 Å². The van der Waals surface area contributed by atoms with Gasteiger partial charge in [-0.1, -0.05) is 56.2 Å². The predicted molar refractivity (Wildman–Crippen MR) is 132 cm³/mol. The highest BCUT2D eigenvalue weighted by Crippen LogP contribution is 2.27. The fourth-order valence-corrected chi connectivity index (χ4v) is 4.34. The summed E-state index contributed by atoms with van der Waals surface area (Å²) in [6, 6.07) is 4.62. The molecule has 2 N–H and O–H groups in total. The molecule has 32 heavy (non-hydrogen) atoms. The summed E-state index contributed by atoms with van der Waals surface area (Å²) in [5.74, 6) is -1.41. The monoisotopic (exact) mass is 446 g/mol. The number of carboxylic acids is 2. The molecule has 0 atom stereocenters. The molecule has 0 aliphatic heterocycles. The minimum absolute atomic E-state index is 0.621. The van der Waals surface area contributed by atoms with Crippen LogP contribution in [0.2, 0.25) is 0 Å². The van der Waals surface area contributed by atoms with Gasteiger partial charge in [-0.2, -0.15) is 0 Å². The SMILES string of the molecule is Cc1cc(C)c(CCCCCCC(C)(C)C(=O)O)c(CCCCCCC(C)(C)C(=O)O)c1. The molecule has 0 aliphatic carbocycles. The smallest absolute Gasteiger partial charge is 0.309 e. The van der Waals surface area contributed by atoms with Crippen molar-refractivity contribution in [2.45, 2.75) is 119 Å². The normalized spacial score (nSPS) is 12.2. The maximum Gasteiger partial charge on any atom is 0.309 e. The number of hydrogen-bond acceptors (Lipinski definition) is 2. The Hall–Kier alpha value is -1.84. The molecule has 0 aliphatic rings. The molecule has 1 aromatic rings. The van der Waals surface area contributed by atoms with Crippen molar-refractivity contribution in [3.63, 3.8) is 0 Å². The molecule has 0 saturated carbocycles. The first-order valence-electron chi connectivity index (χ1n) is 12.4. The Morgan fingerprint density at radius 1 is 0.688 bits per heavy atom. The summed E-state index contributed by atoms with van der Waals surface area (Å²) < 4.78 is 0. The van der Waals surface area contributed by atoms with Crippen LogP contribution >= 0.6 is 0 Å². The van der Waals surface area contributed by atoms with E-state index in [-0.39, 0.29) is 0 Å².